The molecule has 14 heavy (non-hydrogen) atoms. The highest BCUT2D eigenvalue weighted by Gasteiger charge is 2.36. The molecule has 3 aliphatic rings. The maximum absolute atomic E-state index is 5.88. The van der Waals surface area contributed by atoms with E-state index >= 15 is 0 Å². The molecule has 3 atom stereocenters. The Bertz CT molecular complexity index is 300. The fraction of sp³-hybridized carbons (Fsp3) is 0.692. The summed E-state index contributed by atoms with van der Waals surface area (Å²) in [6.45, 7) is 3.25. The van der Waals surface area contributed by atoms with Gasteiger partial charge in [-0.25, -0.2) is 0 Å². The second-order valence-electron chi connectivity index (χ2n) is 4.90. The Hall–Kier alpha value is -0.720. The Morgan fingerprint density at radius 2 is 2.21 bits per heavy atom. The summed E-state index contributed by atoms with van der Waals surface area (Å²) in [6, 6.07) is 0. The highest BCUT2D eigenvalue weighted by Crippen LogP contribution is 2.46. The lowest BCUT2D eigenvalue weighted by molar-refractivity contribution is 0.118. The lowest BCUT2D eigenvalue weighted by atomic mass is 9.70. The first-order chi connectivity index (χ1) is 6.86. The van der Waals surface area contributed by atoms with Gasteiger partial charge in [0.05, 0.1) is 12.4 Å². The van der Waals surface area contributed by atoms with Crippen molar-refractivity contribution in [1.29, 1.82) is 0 Å². The molecule has 2 aliphatic carbocycles. The van der Waals surface area contributed by atoms with E-state index in [1.54, 1.807) is 5.57 Å². The molecule has 2 unspecified atom stereocenters. The quantitative estimate of drug-likeness (QED) is 0.533. The second-order valence-corrected chi connectivity index (χ2v) is 4.90. The van der Waals surface area contributed by atoms with Gasteiger partial charge in [-0.15, -0.1) is 0 Å². The van der Waals surface area contributed by atoms with Gasteiger partial charge in [-0.3, -0.25) is 0 Å². The zero-order valence-corrected chi connectivity index (χ0v) is 8.83. The van der Waals surface area contributed by atoms with Crippen molar-refractivity contribution in [2.75, 3.05) is 6.61 Å². The van der Waals surface area contributed by atoms with Crippen LogP contribution in [0.25, 0.3) is 0 Å². The van der Waals surface area contributed by atoms with Crippen molar-refractivity contribution in [3.05, 3.63) is 23.5 Å². The molecule has 0 saturated carbocycles. The van der Waals surface area contributed by atoms with Crippen molar-refractivity contribution in [3.8, 4) is 0 Å². The third-order valence-corrected chi connectivity index (χ3v) is 3.99. The average Bonchev–Trinajstić information content (AvgIpc) is 2.24. The summed E-state index contributed by atoms with van der Waals surface area (Å²) in [5, 5.41) is 0. The first-order valence-electron chi connectivity index (χ1n) is 5.89. The molecule has 0 aromatic carbocycles. The number of allylic oxidation sites excluding steroid dienone is 4. The summed E-state index contributed by atoms with van der Waals surface area (Å²) < 4.78 is 5.88. The monoisotopic (exact) mass is 190 g/mol. The molecule has 1 nitrogen and oxygen atoms in total. The van der Waals surface area contributed by atoms with Gasteiger partial charge in [-0.1, -0.05) is 19.1 Å². The van der Waals surface area contributed by atoms with E-state index in [4.69, 9.17) is 4.74 Å². The van der Waals surface area contributed by atoms with Gasteiger partial charge in [-0.2, -0.15) is 0 Å². The average molecular weight is 190 g/mol. The lowest BCUT2D eigenvalue weighted by Gasteiger charge is -2.40. The zero-order valence-electron chi connectivity index (χ0n) is 8.83. The van der Waals surface area contributed by atoms with Gasteiger partial charge in [0, 0.05) is 11.8 Å². The normalized spacial score (nSPS) is 40.5. The topological polar surface area (TPSA) is 9.23 Å². The Morgan fingerprint density at radius 1 is 1.29 bits per heavy atom. The highest BCUT2D eigenvalue weighted by molar-refractivity contribution is 5.29. The SMILES string of the molecule is CC1CC[C@H]2CC=CC3CCOC1=C32. The summed E-state index contributed by atoms with van der Waals surface area (Å²) >= 11 is 0. The maximum atomic E-state index is 5.88. The van der Waals surface area contributed by atoms with Gasteiger partial charge in [0.2, 0.25) is 0 Å². The minimum absolute atomic E-state index is 0.676. The zero-order chi connectivity index (χ0) is 9.54. The molecular weight excluding hydrogens is 172 g/mol. The van der Waals surface area contributed by atoms with Crippen molar-refractivity contribution in [3.63, 3.8) is 0 Å². The van der Waals surface area contributed by atoms with E-state index in [0.717, 1.165) is 18.4 Å². The van der Waals surface area contributed by atoms with Gasteiger partial charge in [0.1, 0.15) is 0 Å². The van der Waals surface area contributed by atoms with E-state index < -0.39 is 0 Å². The molecule has 0 bridgehead atoms. The molecule has 3 rings (SSSR count). The van der Waals surface area contributed by atoms with Crippen LogP contribution in [0.1, 0.15) is 32.6 Å². The van der Waals surface area contributed by atoms with Gasteiger partial charge >= 0.3 is 0 Å². The van der Waals surface area contributed by atoms with E-state index in [1.807, 2.05) is 0 Å². The van der Waals surface area contributed by atoms with E-state index in [-0.39, 0.29) is 0 Å². The van der Waals surface area contributed by atoms with Crippen LogP contribution in [-0.2, 0) is 4.74 Å². The van der Waals surface area contributed by atoms with Crippen molar-refractivity contribution in [2.24, 2.45) is 17.8 Å². The summed E-state index contributed by atoms with van der Waals surface area (Å²) in [5.41, 5.74) is 1.66. The molecule has 0 aromatic rings. The minimum Gasteiger partial charge on any atom is -0.498 e. The minimum atomic E-state index is 0.676. The third-order valence-electron chi connectivity index (χ3n) is 3.99. The largest absolute Gasteiger partial charge is 0.498 e. The summed E-state index contributed by atoms with van der Waals surface area (Å²) in [4.78, 5) is 0. The fourth-order valence-electron chi connectivity index (χ4n) is 3.24. The Balaban J connectivity index is 2.06. The van der Waals surface area contributed by atoms with Crippen LogP contribution in [0.4, 0.5) is 0 Å². The number of hydrogen-bond acceptors (Lipinski definition) is 1. The molecule has 0 fully saturated rings. The molecule has 1 heteroatoms. The third kappa shape index (κ3) is 1.14. The number of hydrogen-bond donors (Lipinski definition) is 0. The maximum Gasteiger partial charge on any atom is 0.0988 e. The van der Waals surface area contributed by atoms with Crippen LogP contribution in [0, 0.1) is 17.8 Å². The molecule has 1 heterocycles. The van der Waals surface area contributed by atoms with Crippen molar-refractivity contribution in [1.82, 2.24) is 0 Å². The molecule has 0 aromatic heterocycles. The van der Waals surface area contributed by atoms with Crippen molar-refractivity contribution in [2.45, 2.75) is 32.6 Å². The molecule has 0 spiro atoms. The molecule has 0 saturated heterocycles. The predicted molar refractivity (Wildman–Crippen MR) is 56.7 cm³/mol. The van der Waals surface area contributed by atoms with Gasteiger partial charge < -0.3 is 4.74 Å². The Kier molecular flexibility index (Phi) is 1.93. The van der Waals surface area contributed by atoms with E-state index in [9.17, 15) is 0 Å². The van der Waals surface area contributed by atoms with Gasteiger partial charge in [0.15, 0.2) is 0 Å². The lowest BCUT2D eigenvalue weighted by Crippen LogP contribution is -2.30. The molecule has 0 amide bonds. The van der Waals surface area contributed by atoms with Crippen LogP contribution < -0.4 is 0 Å². The summed E-state index contributed by atoms with van der Waals surface area (Å²) in [6.07, 6.45) is 9.96. The van der Waals surface area contributed by atoms with Crippen LogP contribution >= 0.6 is 0 Å². The van der Waals surface area contributed by atoms with Crippen molar-refractivity contribution < 1.29 is 4.74 Å². The van der Waals surface area contributed by atoms with Crippen molar-refractivity contribution >= 4 is 0 Å². The van der Waals surface area contributed by atoms with E-state index in [0.29, 0.717) is 5.92 Å². The summed E-state index contributed by atoms with van der Waals surface area (Å²) in [7, 11) is 0. The molecular formula is C13H18O. The fourth-order valence-corrected chi connectivity index (χ4v) is 3.24. The molecule has 1 aliphatic heterocycles. The van der Waals surface area contributed by atoms with Crippen LogP contribution in [0.5, 0.6) is 0 Å². The predicted octanol–water partition coefficient (Wildman–Crippen LogP) is 3.28. The van der Waals surface area contributed by atoms with Crippen LogP contribution in [0.3, 0.4) is 0 Å². The van der Waals surface area contributed by atoms with E-state index in [2.05, 4.69) is 19.1 Å². The molecule has 0 radical (unpaired) electrons. The molecule has 0 N–H and O–H groups in total. The Morgan fingerprint density at radius 3 is 3.14 bits per heavy atom. The first-order valence-corrected chi connectivity index (χ1v) is 5.89. The molecule has 76 valence electrons. The number of ether oxygens (including phenoxy) is 1. The Labute approximate surface area is 85.8 Å². The highest BCUT2D eigenvalue weighted by atomic mass is 16.5. The van der Waals surface area contributed by atoms with Crippen LogP contribution in [-0.4, -0.2) is 6.61 Å². The van der Waals surface area contributed by atoms with Crippen LogP contribution in [0.2, 0.25) is 0 Å². The first kappa shape index (κ1) is 8.58. The van der Waals surface area contributed by atoms with Gasteiger partial charge in [-0.05, 0) is 37.2 Å². The smallest absolute Gasteiger partial charge is 0.0988 e. The second kappa shape index (κ2) is 3.15. The van der Waals surface area contributed by atoms with Gasteiger partial charge in [0.25, 0.3) is 0 Å². The van der Waals surface area contributed by atoms with Crippen LogP contribution in [0.15, 0.2) is 23.5 Å². The van der Waals surface area contributed by atoms with E-state index in [1.165, 1.54) is 31.4 Å². The number of rotatable bonds is 0. The standard InChI is InChI=1S/C13H18O/c1-9-5-6-10-3-2-4-11-7-8-14-13(9)12(10)11/h2,4,9-11H,3,5-8H2,1H3/t9?,10-,11?/m1/s1. The summed E-state index contributed by atoms with van der Waals surface area (Å²) in [5.74, 6) is 3.58.